The van der Waals surface area contributed by atoms with Gasteiger partial charge in [-0.25, -0.2) is 4.79 Å². The molecule has 1 heterocycles. The number of hydrogen-bond donors (Lipinski definition) is 1. The average molecular weight is 225 g/mol. The fraction of sp³-hybridized carbons (Fsp3) is 0.400. The van der Waals surface area contributed by atoms with Gasteiger partial charge in [0.25, 0.3) is 0 Å². The summed E-state index contributed by atoms with van der Waals surface area (Å²) in [5.74, 6) is -0.339. The summed E-state index contributed by atoms with van der Waals surface area (Å²) >= 11 is 1.15. The van der Waals surface area contributed by atoms with Crippen LogP contribution >= 0.6 is 11.3 Å². The number of nitriles is 1. The molecular formula is C10H11NO3S. The lowest BCUT2D eigenvalue weighted by atomic mass is 10.3. The summed E-state index contributed by atoms with van der Waals surface area (Å²) in [6.07, 6.45) is 2.16. The monoisotopic (exact) mass is 225 g/mol. The SMILES string of the molecule is N#CCCCCOc1csc(C(=O)O)c1. The molecule has 1 aromatic rings. The number of nitrogens with zero attached hydrogens (tertiary/aromatic N) is 1. The molecular weight excluding hydrogens is 214 g/mol. The van der Waals surface area contributed by atoms with Gasteiger partial charge in [-0.05, 0) is 12.8 Å². The van der Waals surface area contributed by atoms with Gasteiger partial charge in [0.15, 0.2) is 0 Å². The molecule has 0 aliphatic carbocycles. The fourth-order valence-corrected chi connectivity index (χ4v) is 1.67. The van der Waals surface area contributed by atoms with Crippen molar-refractivity contribution in [2.45, 2.75) is 19.3 Å². The van der Waals surface area contributed by atoms with Crippen molar-refractivity contribution in [1.29, 1.82) is 5.26 Å². The van der Waals surface area contributed by atoms with Gasteiger partial charge in [-0.3, -0.25) is 0 Å². The lowest BCUT2D eigenvalue weighted by molar-refractivity contribution is 0.0702. The molecule has 15 heavy (non-hydrogen) atoms. The molecule has 0 radical (unpaired) electrons. The summed E-state index contributed by atoms with van der Waals surface area (Å²) in [6, 6.07) is 3.57. The Morgan fingerprint density at radius 3 is 3.00 bits per heavy atom. The summed E-state index contributed by atoms with van der Waals surface area (Å²) in [7, 11) is 0. The van der Waals surface area contributed by atoms with E-state index >= 15 is 0 Å². The summed E-state index contributed by atoms with van der Waals surface area (Å²) in [5.41, 5.74) is 0. The highest BCUT2D eigenvalue weighted by atomic mass is 32.1. The zero-order valence-electron chi connectivity index (χ0n) is 8.10. The Labute approximate surface area is 91.7 Å². The summed E-state index contributed by atoms with van der Waals surface area (Å²) < 4.78 is 5.32. The molecule has 5 heteroatoms. The molecule has 0 amide bonds. The normalized spacial score (nSPS) is 9.53. The number of ether oxygens (including phenoxy) is 1. The maximum absolute atomic E-state index is 10.5. The van der Waals surface area contributed by atoms with Crippen molar-refractivity contribution in [2.75, 3.05) is 6.61 Å². The van der Waals surface area contributed by atoms with Crippen LogP contribution in [0.1, 0.15) is 28.9 Å². The highest BCUT2D eigenvalue weighted by Crippen LogP contribution is 2.21. The molecule has 0 atom stereocenters. The first kappa shape index (κ1) is 11.5. The van der Waals surface area contributed by atoms with E-state index in [9.17, 15) is 4.79 Å². The predicted molar refractivity (Wildman–Crippen MR) is 56.2 cm³/mol. The largest absolute Gasteiger partial charge is 0.493 e. The lowest BCUT2D eigenvalue weighted by Crippen LogP contribution is -1.96. The molecule has 1 N–H and O–H groups in total. The quantitative estimate of drug-likeness (QED) is 0.755. The first-order valence-electron chi connectivity index (χ1n) is 4.55. The van der Waals surface area contributed by atoms with E-state index in [1.807, 2.05) is 0 Å². The topological polar surface area (TPSA) is 70.3 Å². The second kappa shape index (κ2) is 6.04. The van der Waals surface area contributed by atoms with Crippen LogP contribution in [0.25, 0.3) is 0 Å². The molecule has 0 aliphatic heterocycles. The molecule has 0 spiro atoms. The second-order valence-electron chi connectivity index (χ2n) is 2.92. The molecule has 0 aliphatic rings. The maximum atomic E-state index is 10.5. The second-order valence-corrected chi connectivity index (χ2v) is 3.83. The van der Waals surface area contributed by atoms with Crippen molar-refractivity contribution in [2.24, 2.45) is 0 Å². The lowest BCUT2D eigenvalue weighted by Gasteiger charge is -2.00. The Kier molecular flexibility index (Phi) is 4.64. The standard InChI is InChI=1S/C10H11NO3S/c11-4-2-1-3-5-14-8-6-9(10(12)13)15-7-8/h6-7H,1-3,5H2,(H,12,13). The fourth-order valence-electron chi connectivity index (χ4n) is 1.00. The molecule has 0 bridgehead atoms. The van der Waals surface area contributed by atoms with E-state index in [1.165, 1.54) is 6.07 Å². The van der Waals surface area contributed by atoms with Crippen LogP contribution < -0.4 is 4.74 Å². The highest BCUT2D eigenvalue weighted by Gasteiger charge is 2.06. The number of unbranched alkanes of at least 4 members (excludes halogenated alkanes) is 2. The molecule has 0 aromatic carbocycles. The number of carboxylic acid groups (broad SMARTS) is 1. The van der Waals surface area contributed by atoms with E-state index in [0.29, 0.717) is 18.8 Å². The van der Waals surface area contributed by atoms with Crippen molar-refractivity contribution in [3.05, 3.63) is 16.3 Å². The number of carbonyl (C=O) groups is 1. The van der Waals surface area contributed by atoms with Gasteiger partial charge in [0.2, 0.25) is 0 Å². The third kappa shape index (κ3) is 4.00. The maximum Gasteiger partial charge on any atom is 0.346 e. The van der Waals surface area contributed by atoms with Gasteiger partial charge in [0.1, 0.15) is 10.6 Å². The smallest absolute Gasteiger partial charge is 0.346 e. The minimum atomic E-state index is -0.931. The average Bonchev–Trinajstić information content (AvgIpc) is 2.66. The van der Waals surface area contributed by atoms with Crippen LogP contribution in [0, 0.1) is 11.3 Å². The first-order valence-corrected chi connectivity index (χ1v) is 5.43. The van der Waals surface area contributed by atoms with Crippen LogP contribution in [-0.2, 0) is 0 Å². The Bertz CT molecular complexity index is 367. The molecule has 1 rings (SSSR count). The van der Waals surface area contributed by atoms with Crippen molar-refractivity contribution in [3.63, 3.8) is 0 Å². The Morgan fingerprint density at radius 1 is 1.60 bits per heavy atom. The Morgan fingerprint density at radius 2 is 2.40 bits per heavy atom. The van der Waals surface area contributed by atoms with Crippen molar-refractivity contribution >= 4 is 17.3 Å². The van der Waals surface area contributed by atoms with Gasteiger partial charge in [0.05, 0.1) is 12.7 Å². The van der Waals surface area contributed by atoms with Crippen LogP contribution in [0.5, 0.6) is 5.75 Å². The van der Waals surface area contributed by atoms with Crippen LogP contribution in [-0.4, -0.2) is 17.7 Å². The number of thiophene rings is 1. The van der Waals surface area contributed by atoms with Gasteiger partial charge >= 0.3 is 5.97 Å². The summed E-state index contributed by atoms with van der Waals surface area (Å²) in [4.78, 5) is 10.8. The predicted octanol–water partition coefficient (Wildman–Crippen LogP) is 2.52. The van der Waals surface area contributed by atoms with E-state index in [1.54, 1.807) is 5.38 Å². The number of aromatic carboxylic acids is 1. The van der Waals surface area contributed by atoms with E-state index in [4.69, 9.17) is 15.1 Å². The molecule has 1 aromatic heterocycles. The van der Waals surface area contributed by atoms with Crippen LogP contribution in [0.3, 0.4) is 0 Å². The van der Waals surface area contributed by atoms with Crippen molar-refractivity contribution < 1.29 is 14.6 Å². The Hall–Kier alpha value is -1.54. The van der Waals surface area contributed by atoms with Gasteiger partial charge in [0, 0.05) is 17.9 Å². The zero-order chi connectivity index (χ0) is 11.1. The summed E-state index contributed by atoms with van der Waals surface area (Å²) in [6.45, 7) is 0.525. The van der Waals surface area contributed by atoms with Gasteiger partial charge in [-0.2, -0.15) is 5.26 Å². The van der Waals surface area contributed by atoms with Gasteiger partial charge in [-0.1, -0.05) is 0 Å². The number of hydrogen-bond acceptors (Lipinski definition) is 4. The molecule has 80 valence electrons. The van der Waals surface area contributed by atoms with Crippen LogP contribution in [0.4, 0.5) is 0 Å². The molecule has 4 nitrogen and oxygen atoms in total. The third-order valence-electron chi connectivity index (χ3n) is 1.74. The molecule has 0 saturated carbocycles. The van der Waals surface area contributed by atoms with Crippen LogP contribution in [0.15, 0.2) is 11.4 Å². The van der Waals surface area contributed by atoms with Gasteiger partial charge < -0.3 is 9.84 Å². The van der Waals surface area contributed by atoms with E-state index < -0.39 is 5.97 Å². The molecule has 0 saturated heterocycles. The first-order chi connectivity index (χ1) is 7.24. The number of rotatable bonds is 6. The zero-order valence-corrected chi connectivity index (χ0v) is 8.92. The van der Waals surface area contributed by atoms with Gasteiger partial charge in [-0.15, -0.1) is 11.3 Å². The third-order valence-corrected chi connectivity index (χ3v) is 2.63. The highest BCUT2D eigenvalue weighted by molar-refractivity contribution is 7.12. The summed E-state index contributed by atoms with van der Waals surface area (Å²) in [5, 5.41) is 18.6. The molecule has 0 fully saturated rings. The van der Waals surface area contributed by atoms with E-state index in [-0.39, 0.29) is 4.88 Å². The van der Waals surface area contributed by atoms with E-state index in [0.717, 1.165) is 24.2 Å². The number of carboxylic acids is 1. The van der Waals surface area contributed by atoms with Crippen molar-refractivity contribution in [1.82, 2.24) is 0 Å². The minimum absolute atomic E-state index is 0.280. The van der Waals surface area contributed by atoms with Crippen molar-refractivity contribution in [3.8, 4) is 11.8 Å². The minimum Gasteiger partial charge on any atom is -0.493 e. The van der Waals surface area contributed by atoms with Crippen LogP contribution in [0.2, 0.25) is 0 Å². The Balaban J connectivity index is 2.26. The molecule has 0 unspecified atom stereocenters. The van der Waals surface area contributed by atoms with E-state index in [2.05, 4.69) is 6.07 Å².